The van der Waals surface area contributed by atoms with Crippen molar-refractivity contribution in [2.75, 3.05) is 32.1 Å². The predicted octanol–water partition coefficient (Wildman–Crippen LogP) is 1.61. The van der Waals surface area contributed by atoms with Gasteiger partial charge in [-0.2, -0.15) is 4.98 Å². The summed E-state index contributed by atoms with van der Waals surface area (Å²) in [6.45, 7) is 2.98. The van der Waals surface area contributed by atoms with Gasteiger partial charge in [-0.1, -0.05) is 6.42 Å². The minimum atomic E-state index is -0.250. The normalized spacial score (nSPS) is 24.2. The zero-order valence-electron chi connectivity index (χ0n) is 15.4. The molecule has 1 saturated carbocycles. The molecule has 2 heterocycles. The van der Waals surface area contributed by atoms with Crippen LogP contribution < -0.4 is 10.1 Å². The minimum absolute atomic E-state index is 0.0859. The second-order valence-electron chi connectivity index (χ2n) is 6.93. The number of aliphatic hydroxyl groups is 1. The molecule has 0 bridgehead atoms. The number of carboxylic acid groups (broad SMARTS) is 1. The van der Waals surface area contributed by atoms with Gasteiger partial charge in [-0.15, -0.1) is 0 Å². The molecule has 1 aromatic heterocycles. The lowest BCUT2D eigenvalue weighted by Crippen LogP contribution is -2.41. The van der Waals surface area contributed by atoms with E-state index in [2.05, 4.69) is 20.2 Å². The van der Waals surface area contributed by atoms with Gasteiger partial charge in [-0.25, -0.2) is 4.98 Å². The van der Waals surface area contributed by atoms with Crippen molar-refractivity contribution in [2.24, 2.45) is 5.92 Å². The molecule has 0 amide bonds. The molecule has 1 aliphatic carbocycles. The molecular formula is C18H30N4O4. The maximum atomic E-state index is 9.62. The first-order chi connectivity index (χ1) is 12.6. The third kappa shape index (κ3) is 6.76. The average molecular weight is 366 g/mol. The molecule has 1 aromatic rings. The number of methoxy groups -OCH3 is 1. The predicted molar refractivity (Wildman–Crippen MR) is 98.3 cm³/mol. The molecule has 0 spiro atoms. The number of aromatic nitrogens is 2. The van der Waals surface area contributed by atoms with Crippen molar-refractivity contribution in [3.63, 3.8) is 0 Å². The van der Waals surface area contributed by atoms with Gasteiger partial charge in [0.25, 0.3) is 6.47 Å². The second kappa shape index (κ2) is 10.9. The Balaban J connectivity index is 0.000000758. The highest BCUT2D eigenvalue weighted by atomic mass is 16.5. The molecule has 2 atom stereocenters. The summed E-state index contributed by atoms with van der Waals surface area (Å²) < 4.78 is 5.16. The summed E-state index contributed by atoms with van der Waals surface area (Å²) in [6.07, 6.45) is 8.39. The Bertz CT molecular complexity index is 538. The number of aliphatic hydroxyl groups excluding tert-OH is 1. The van der Waals surface area contributed by atoms with Crippen molar-refractivity contribution in [3.05, 3.63) is 12.3 Å². The van der Waals surface area contributed by atoms with Crippen LogP contribution in [0.2, 0.25) is 0 Å². The van der Waals surface area contributed by atoms with Gasteiger partial charge in [0.15, 0.2) is 0 Å². The molecule has 26 heavy (non-hydrogen) atoms. The van der Waals surface area contributed by atoms with Gasteiger partial charge in [0.05, 0.1) is 13.2 Å². The van der Waals surface area contributed by atoms with Crippen molar-refractivity contribution in [2.45, 2.75) is 50.7 Å². The van der Waals surface area contributed by atoms with Crippen LogP contribution in [0, 0.1) is 5.92 Å². The summed E-state index contributed by atoms with van der Waals surface area (Å²) in [5.74, 6) is 1.99. The largest absolute Gasteiger partial charge is 0.483 e. The van der Waals surface area contributed by atoms with Crippen LogP contribution >= 0.6 is 0 Å². The van der Waals surface area contributed by atoms with E-state index in [1.165, 1.54) is 25.7 Å². The Labute approximate surface area is 154 Å². The number of nitrogens with one attached hydrogen (secondary N) is 1. The first kappa shape index (κ1) is 20.4. The fourth-order valence-corrected chi connectivity index (χ4v) is 3.76. The fraction of sp³-hybridized carbons (Fsp3) is 0.722. The van der Waals surface area contributed by atoms with E-state index >= 15 is 0 Å². The maximum Gasteiger partial charge on any atom is 0.290 e. The highest BCUT2D eigenvalue weighted by Gasteiger charge is 2.26. The second-order valence-corrected chi connectivity index (χ2v) is 6.93. The molecule has 0 aromatic carbocycles. The molecule has 8 nitrogen and oxygen atoms in total. The van der Waals surface area contributed by atoms with Crippen molar-refractivity contribution < 1.29 is 19.7 Å². The number of hydrogen-bond acceptors (Lipinski definition) is 7. The lowest BCUT2D eigenvalue weighted by molar-refractivity contribution is -0.122. The van der Waals surface area contributed by atoms with Crippen LogP contribution in [-0.4, -0.2) is 70.4 Å². The van der Waals surface area contributed by atoms with Gasteiger partial charge in [0.2, 0.25) is 11.8 Å². The maximum absolute atomic E-state index is 9.62. The van der Waals surface area contributed by atoms with E-state index in [1.54, 1.807) is 19.4 Å². The minimum Gasteiger partial charge on any atom is -0.483 e. The van der Waals surface area contributed by atoms with E-state index in [4.69, 9.17) is 14.6 Å². The van der Waals surface area contributed by atoms with E-state index in [9.17, 15) is 5.11 Å². The Morgan fingerprint density at radius 3 is 2.77 bits per heavy atom. The number of nitrogens with zero attached hydrogens (tertiary/aromatic N) is 3. The van der Waals surface area contributed by atoms with Gasteiger partial charge in [0.1, 0.15) is 0 Å². The molecule has 3 N–H and O–H groups in total. The number of piperidine rings is 1. The third-order valence-corrected chi connectivity index (χ3v) is 5.03. The van der Waals surface area contributed by atoms with Crippen LogP contribution in [0.5, 0.6) is 5.88 Å². The van der Waals surface area contributed by atoms with Gasteiger partial charge >= 0.3 is 0 Å². The molecule has 2 aliphatic rings. The third-order valence-electron chi connectivity index (χ3n) is 5.03. The lowest BCUT2D eigenvalue weighted by Gasteiger charge is -2.36. The van der Waals surface area contributed by atoms with E-state index in [0.29, 0.717) is 17.9 Å². The van der Waals surface area contributed by atoms with Crippen LogP contribution in [0.25, 0.3) is 0 Å². The molecule has 8 heteroatoms. The molecule has 1 aliphatic heterocycles. The molecule has 0 radical (unpaired) electrons. The number of anilines is 1. The summed E-state index contributed by atoms with van der Waals surface area (Å²) in [4.78, 5) is 19.5. The Kier molecular flexibility index (Phi) is 8.57. The van der Waals surface area contributed by atoms with Crippen LogP contribution in [0.4, 0.5) is 5.95 Å². The van der Waals surface area contributed by atoms with Crippen molar-refractivity contribution >= 4 is 12.4 Å². The fourth-order valence-electron chi connectivity index (χ4n) is 3.76. The monoisotopic (exact) mass is 366 g/mol. The highest BCUT2D eigenvalue weighted by molar-refractivity contribution is 5.32. The summed E-state index contributed by atoms with van der Waals surface area (Å²) in [6, 6.07) is 2.20. The Morgan fingerprint density at radius 2 is 2.08 bits per heavy atom. The Hall–Kier alpha value is -1.93. The van der Waals surface area contributed by atoms with Gasteiger partial charge in [0, 0.05) is 37.9 Å². The zero-order valence-corrected chi connectivity index (χ0v) is 15.4. The lowest BCUT2D eigenvalue weighted by atomic mass is 9.85. The highest BCUT2D eigenvalue weighted by Crippen LogP contribution is 2.28. The summed E-state index contributed by atoms with van der Waals surface area (Å²) >= 11 is 0. The smallest absolute Gasteiger partial charge is 0.290 e. The first-order valence-corrected chi connectivity index (χ1v) is 9.26. The van der Waals surface area contributed by atoms with Crippen molar-refractivity contribution in [1.29, 1.82) is 0 Å². The number of carbonyl (C=O) groups is 1. The molecule has 2 fully saturated rings. The first-order valence-electron chi connectivity index (χ1n) is 9.26. The molecule has 3 rings (SSSR count). The average Bonchev–Trinajstić information content (AvgIpc) is 2.65. The zero-order chi connectivity index (χ0) is 18.8. The number of likely N-dealkylation sites (tertiary alicyclic amines) is 1. The Morgan fingerprint density at radius 1 is 1.35 bits per heavy atom. The summed E-state index contributed by atoms with van der Waals surface area (Å²) in [5, 5.41) is 20.0. The standard InChI is InChI=1S/C17H28N4O2.CH2O2/c1-23-16-5-8-18-17(20-16)19-14-4-2-3-13(11-14)12-21-9-6-15(22)7-10-21;2-1-3/h5,8,13-15,22H,2-4,6-7,9-12H2,1H3,(H,18,19,20);1H,(H,2,3)/t13-,14+;/m1./s1. The van der Waals surface area contributed by atoms with Crippen LogP contribution in [0.3, 0.4) is 0 Å². The summed E-state index contributed by atoms with van der Waals surface area (Å²) in [5.41, 5.74) is 0. The molecule has 146 valence electrons. The van der Waals surface area contributed by atoms with Crippen molar-refractivity contribution in [3.8, 4) is 5.88 Å². The van der Waals surface area contributed by atoms with Crippen LogP contribution in [0.1, 0.15) is 38.5 Å². The van der Waals surface area contributed by atoms with Crippen LogP contribution in [-0.2, 0) is 4.79 Å². The van der Waals surface area contributed by atoms with E-state index < -0.39 is 0 Å². The number of hydrogen-bond donors (Lipinski definition) is 3. The summed E-state index contributed by atoms with van der Waals surface area (Å²) in [7, 11) is 1.62. The van der Waals surface area contributed by atoms with E-state index in [-0.39, 0.29) is 12.6 Å². The van der Waals surface area contributed by atoms with E-state index in [0.717, 1.165) is 38.4 Å². The van der Waals surface area contributed by atoms with Gasteiger partial charge < -0.3 is 25.2 Å². The quantitative estimate of drug-likeness (QED) is 0.675. The molecular weight excluding hydrogens is 336 g/mol. The van der Waals surface area contributed by atoms with Gasteiger partial charge in [-0.3, -0.25) is 4.79 Å². The van der Waals surface area contributed by atoms with Crippen LogP contribution in [0.15, 0.2) is 12.3 Å². The SMILES string of the molecule is COc1ccnc(N[C@H]2CCC[C@@H](CN3CCC(O)CC3)C2)n1.O=CO. The van der Waals surface area contributed by atoms with E-state index in [1.807, 2.05) is 0 Å². The van der Waals surface area contributed by atoms with Crippen molar-refractivity contribution in [1.82, 2.24) is 14.9 Å². The molecule has 1 saturated heterocycles. The number of ether oxygens (including phenoxy) is 1. The van der Waals surface area contributed by atoms with Gasteiger partial charge in [-0.05, 0) is 38.0 Å². The molecule has 0 unspecified atom stereocenters. The number of rotatable bonds is 5. The topological polar surface area (TPSA) is 108 Å².